The predicted octanol–water partition coefficient (Wildman–Crippen LogP) is 5.04. The second-order valence-electron chi connectivity index (χ2n) is 6.25. The van der Waals surface area contributed by atoms with Crippen molar-refractivity contribution in [3.05, 3.63) is 95.6 Å². The monoisotopic (exact) mass is 438 g/mol. The Hall–Kier alpha value is -3.25. The number of hydrogen-bond acceptors (Lipinski definition) is 4. The lowest BCUT2D eigenvalue weighted by Gasteiger charge is -2.05. The lowest BCUT2D eigenvalue weighted by Crippen LogP contribution is -2.30. The molecular weight excluding hydrogens is 423 g/mol. The highest BCUT2D eigenvalue weighted by molar-refractivity contribution is 6.70. The van der Waals surface area contributed by atoms with Crippen LogP contribution in [0.4, 0.5) is 0 Å². The van der Waals surface area contributed by atoms with Crippen LogP contribution in [-0.4, -0.2) is 16.4 Å². The summed E-state index contributed by atoms with van der Waals surface area (Å²) < 4.78 is 0. The van der Waals surface area contributed by atoms with Crippen LogP contribution in [-0.2, 0) is 0 Å². The lowest BCUT2D eigenvalue weighted by molar-refractivity contribution is 0.0954. The molecule has 0 heterocycles. The summed E-state index contributed by atoms with van der Waals surface area (Å²) in [5.41, 5.74) is 3.48. The van der Waals surface area contributed by atoms with E-state index in [2.05, 4.69) is 5.43 Å². The van der Waals surface area contributed by atoms with Gasteiger partial charge in [-0.2, -0.15) is 0 Å². The quantitative estimate of drug-likeness (QED) is 0.203. The smallest absolute Gasteiger partial charge is 0.265 e. The Balaban J connectivity index is 0.000000172. The fourth-order valence-corrected chi connectivity index (χ4v) is 3.47. The molecule has 4 rings (SSSR count). The van der Waals surface area contributed by atoms with Crippen LogP contribution in [0.3, 0.4) is 0 Å². The first kappa shape index (κ1) is 21.5. The van der Waals surface area contributed by atoms with E-state index in [0.29, 0.717) is 27.5 Å². The fraction of sp³-hybridized carbons (Fsp3) is 0. The van der Waals surface area contributed by atoms with Crippen molar-refractivity contribution in [2.45, 2.75) is 0 Å². The van der Waals surface area contributed by atoms with E-state index in [1.165, 1.54) is 12.1 Å². The number of nitrogens with one attached hydrogen (secondary N) is 1. The molecule has 0 radical (unpaired) electrons. The van der Waals surface area contributed by atoms with Gasteiger partial charge in [-0.25, -0.2) is 5.84 Å². The molecule has 0 aliphatic carbocycles. The van der Waals surface area contributed by atoms with Crippen molar-refractivity contribution in [1.29, 1.82) is 0 Å². The summed E-state index contributed by atoms with van der Waals surface area (Å²) in [6.45, 7) is 0. The van der Waals surface area contributed by atoms with E-state index in [0.717, 1.165) is 10.8 Å². The third-order valence-electron chi connectivity index (χ3n) is 4.51. The number of benzene rings is 4. The summed E-state index contributed by atoms with van der Waals surface area (Å²) >= 11 is 10.9. The number of halogens is 2. The molecule has 1 amide bonds. The molecule has 4 aromatic rings. The van der Waals surface area contributed by atoms with Gasteiger partial charge in [-0.05, 0) is 62.9 Å². The molecule has 0 atom stereocenters. The Morgan fingerprint density at radius 2 is 1.07 bits per heavy atom. The van der Waals surface area contributed by atoms with Crippen molar-refractivity contribution >= 4 is 61.1 Å². The van der Waals surface area contributed by atoms with Gasteiger partial charge in [0, 0.05) is 16.7 Å². The van der Waals surface area contributed by atoms with E-state index < -0.39 is 10.5 Å². The lowest BCUT2D eigenvalue weighted by atomic mass is 10.0. The highest BCUT2D eigenvalue weighted by Gasteiger charge is 2.13. The molecule has 150 valence electrons. The van der Waals surface area contributed by atoms with Gasteiger partial charge in [0.2, 0.25) is 0 Å². The highest BCUT2D eigenvalue weighted by Crippen LogP contribution is 2.25. The van der Waals surface area contributed by atoms with Crippen molar-refractivity contribution in [2.75, 3.05) is 0 Å². The van der Waals surface area contributed by atoms with Gasteiger partial charge in [-0.15, -0.1) is 0 Å². The molecule has 0 fully saturated rings. The first-order valence-electron chi connectivity index (χ1n) is 8.84. The zero-order chi connectivity index (χ0) is 21.7. The van der Waals surface area contributed by atoms with Crippen LogP contribution in [0.2, 0.25) is 0 Å². The summed E-state index contributed by atoms with van der Waals surface area (Å²) in [6, 6.07) is 23.3. The number of carbonyl (C=O) groups excluding carboxylic acids is 3. The molecule has 5 nitrogen and oxygen atoms in total. The Morgan fingerprint density at radius 1 is 0.600 bits per heavy atom. The normalized spacial score (nSPS) is 10.2. The molecule has 0 aromatic heterocycles. The van der Waals surface area contributed by atoms with E-state index in [9.17, 15) is 14.4 Å². The van der Waals surface area contributed by atoms with Gasteiger partial charge in [-0.1, -0.05) is 60.7 Å². The van der Waals surface area contributed by atoms with Gasteiger partial charge < -0.3 is 0 Å². The van der Waals surface area contributed by atoms with E-state index in [1.54, 1.807) is 30.3 Å². The van der Waals surface area contributed by atoms with Gasteiger partial charge in [0.1, 0.15) is 0 Å². The fourth-order valence-electron chi connectivity index (χ4n) is 3.14. The minimum absolute atomic E-state index is 0.262. The second-order valence-corrected chi connectivity index (χ2v) is 6.94. The van der Waals surface area contributed by atoms with Gasteiger partial charge >= 0.3 is 0 Å². The topological polar surface area (TPSA) is 89.3 Å². The Bertz CT molecular complexity index is 1210. The Kier molecular flexibility index (Phi) is 6.79. The van der Waals surface area contributed by atoms with Crippen LogP contribution in [0, 0.1) is 0 Å². The number of hydrazine groups is 1. The maximum Gasteiger partial charge on any atom is 0.265 e. The molecule has 0 saturated heterocycles. The third-order valence-corrected chi connectivity index (χ3v) is 4.92. The Labute approximate surface area is 182 Å². The molecule has 3 N–H and O–H groups in total. The summed E-state index contributed by atoms with van der Waals surface area (Å²) in [5.74, 6) is 4.83. The minimum atomic E-state index is -0.551. The summed E-state index contributed by atoms with van der Waals surface area (Å²) in [5, 5.41) is 2.11. The molecule has 0 saturated carbocycles. The van der Waals surface area contributed by atoms with Crippen LogP contribution in [0.25, 0.3) is 21.5 Å². The first-order valence-corrected chi connectivity index (χ1v) is 9.59. The summed E-state index contributed by atoms with van der Waals surface area (Å²) in [6.07, 6.45) is 0. The predicted molar refractivity (Wildman–Crippen MR) is 120 cm³/mol. The summed E-state index contributed by atoms with van der Waals surface area (Å²) in [4.78, 5) is 33.8. The van der Waals surface area contributed by atoms with Crippen LogP contribution < -0.4 is 11.3 Å². The molecule has 7 heteroatoms. The maximum atomic E-state index is 11.4. The number of hydrogen-bond donors (Lipinski definition) is 2. The molecule has 0 spiro atoms. The number of carbonyl (C=O) groups is 3. The zero-order valence-corrected chi connectivity index (χ0v) is 17.1. The van der Waals surface area contributed by atoms with E-state index in [-0.39, 0.29) is 5.91 Å². The average Bonchev–Trinajstić information content (AvgIpc) is 2.77. The van der Waals surface area contributed by atoms with E-state index >= 15 is 0 Å². The van der Waals surface area contributed by atoms with Crippen LogP contribution in [0.1, 0.15) is 31.1 Å². The van der Waals surface area contributed by atoms with Gasteiger partial charge in [-0.3, -0.25) is 19.8 Å². The van der Waals surface area contributed by atoms with Gasteiger partial charge in [0.15, 0.2) is 0 Å². The summed E-state index contributed by atoms with van der Waals surface area (Å²) in [7, 11) is 0. The van der Waals surface area contributed by atoms with E-state index in [4.69, 9.17) is 29.0 Å². The van der Waals surface area contributed by atoms with Crippen molar-refractivity contribution < 1.29 is 14.4 Å². The van der Waals surface area contributed by atoms with Crippen LogP contribution in [0.5, 0.6) is 0 Å². The Morgan fingerprint density at radius 3 is 1.57 bits per heavy atom. The highest BCUT2D eigenvalue weighted by atomic mass is 35.5. The van der Waals surface area contributed by atoms with Crippen LogP contribution in [0.15, 0.2) is 78.9 Å². The molecule has 0 unspecified atom stereocenters. The average molecular weight is 439 g/mol. The standard InChI is InChI=1S/C12H6Cl2O2.C11H10N2O/c13-11(15)9-5-6-10(12(14)16)8-4-2-1-3-7(8)9;12-13-11(14)10-7-3-5-8-4-1-2-6-9(8)10/h1-6H;1-7H,12H2,(H,13,14). The SMILES string of the molecule is NNC(=O)c1cccc2ccccc12.O=C(Cl)c1ccc(C(=O)Cl)c2ccccc12. The van der Waals surface area contributed by atoms with Crippen LogP contribution >= 0.6 is 23.2 Å². The van der Waals surface area contributed by atoms with Crippen molar-refractivity contribution in [2.24, 2.45) is 5.84 Å². The molecule has 4 aromatic carbocycles. The van der Waals surface area contributed by atoms with Crippen molar-refractivity contribution in [3.63, 3.8) is 0 Å². The largest absolute Gasteiger partial charge is 0.290 e. The van der Waals surface area contributed by atoms with Gasteiger partial charge in [0.25, 0.3) is 16.4 Å². The number of nitrogen functional groups attached to an aromatic ring is 1. The zero-order valence-electron chi connectivity index (χ0n) is 15.6. The minimum Gasteiger partial charge on any atom is -0.290 e. The second kappa shape index (κ2) is 9.50. The molecule has 30 heavy (non-hydrogen) atoms. The number of fused-ring (bicyclic) bond motifs is 2. The third kappa shape index (κ3) is 4.49. The number of amides is 1. The molecule has 0 aliphatic rings. The van der Waals surface area contributed by atoms with Crippen molar-refractivity contribution in [1.82, 2.24) is 5.43 Å². The molecule has 0 aliphatic heterocycles. The number of nitrogens with two attached hydrogens (primary N) is 1. The van der Waals surface area contributed by atoms with Gasteiger partial charge in [0.05, 0.1) is 0 Å². The molecular formula is C23H16Cl2N2O3. The molecule has 0 bridgehead atoms. The maximum absolute atomic E-state index is 11.4. The van der Waals surface area contributed by atoms with E-state index in [1.807, 2.05) is 36.4 Å². The van der Waals surface area contributed by atoms with Crippen molar-refractivity contribution in [3.8, 4) is 0 Å². The first-order chi connectivity index (χ1) is 14.4. The number of rotatable bonds is 3.